The van der Waals surface area contributed by atoms with Crippen LogP contribution >= 0.6 is 0 Å². The van der Waals surface area contributed by atoms with Gasteiger partial charge in [0.2, 0.25) is 0 Å². The van der Waals surface area contributed by atoms with Crippen molar-refractivity contribution in [3.63, 3.8) is 0 Å². The fourth-order valence-corrected chi connectivity index (χ4v) is 7.44. The lowest BCUT2D eigenvalue weighted by Gasteiger charge is -2.60. The second-order valence-corrected chi connectivity index (χ2v) is 9.86. The summed E-state index contributed by atoms with van der Waals surface area (Å²) in [5, 5.41) is 0. The zero-order chi connectivity index (χ0) is 19.2. The van der Waals surface area contributed by atoms with Gasteiger partial charge in [-0.25, -0.2) is 0 Å². The average molecular weight is 360 g/mol. The van der Waals surface area contributed by atoms with Crippen molar-refractivity contribution < 1.29 is 19.1 Å². The van der Waals surface area contributed by atoms with Gasteiger partial charge in [0.1, 0.15) is 11.2 Å². The Morgan fingerprint density at radius 2 is 1.77 bits per heavy atom. The summed E-state index contributed by atoms with van der Waals surface area (Å²) < 4.78 is 11.1. The minimum Gasteiger partial charge on any atom is -0.356 e. The number of ketones is 2. The number of hydrogen-bond donors (Lipinski definition) is 0. The molecule has 0 amide bonds. The summed E-state index contributed by atoms with van der Waals surface area (Å²) in [6.45, 7) is 10.9. The normalized spacial score (nSPS) is 46.7. The maximum atomic E-state index is 13.5. The zero-order valence-electron chi connectivity index (χ0n) is 17.0. The second-order valence-electron chi connectivity index (χ2n) is 9.86. The smallest absolute Gasteiger partial charge is 0.170 e. The van der Waals surface area contributed by atoms with Gasteiger partial charge in [-0.3, -0.25) is 9.59 Å². The summed E-state index contributed by atoms with van der Waals surface area (Å²) in [6, 6.07) is 0. The zero-order valence-corrected chi connectivity index (χ0v) is 17.0. The molecule has 0 aromatic rings. The molecule has 1 spiro atoms. The van der Waals surface area contributed by atoms with E-state index in [4.69, 9.17) is 9.47 Å². The largest absolute Gasteiger partial charge is 0.356 e. The van der Waals surface area contributed by atoms with Crippen LogP contribution in [0.3, 0.4) is 0 Å². The van der Waals surface area contributed by atoms with Gasteiger partial charge in [-0.2, -0.15) is 0 Å². The van der Waals surface area contributed by atoms with E-state index in [1.807, 2.05) is 13.8 Å². The van der Waals surface area contributed by atoms with Crippen molar-refractivity contribution >= 4 is 11.6 Å². The number of carbonyl (C=O) groups excluding carboxylic acids is 2. The molecule has 4 rings (SSSR count). The van der Waals surface area contributed by atoms with Crippen LogP contribution in [0.25, 0.3) is 0 Å². The monoisotopic (exact) mass is 360 g/mol. The van der Waals surface area contributed by atoms with Crippen LogP contribution in [0, 0.1) is 52.3 Å². The van der Waals surface area contributed by atoms with E-state index in [1.54, 1.807) is 20.3 Å². The first kappa shape index (κ1) is 18.4. The van der Waals surface area contributed by atoms with Gasteiger partial charge in [0.15, 0.2) is 12.1 Å². The van der Waals surface area contributed by atoms with Crippen LogP contribution in [0.2, 0.25) is 0 Å². The third kappa shape index (κ3) is 1.88. The Labute approximate surface area is 156 Å². The summed E-state index contributed by atoms with van der Waals surface area (Å²) in [7, 11) is 3.34. The van der Waals surface area contributed by atoms with Gasteiger partial charge in [-0.1, -0.05) is 33.3 Å². The molecular formula is C22H32O4. The number of ether oxygens (including phenoxy) is 2. The van der Waals surface area contributed by atoms with E-state index >= 15 is 0 Å². The quantitative estimate of drug-likeness (QED) is 0.569. The molecule has 0 bridgehead atoms. The lowest BCUT2D eigenvalue weighted by molar-refractivity contribution is -0.207. The molecule has 4 aliphatic carbocycles. The number of methoxy groups -OCH3 is 2. The highest BCUT2D eigenvalue weighted by atomic mass is 16.7. The molecule has 1 unspecified atom stereocenters. The Morgan fingerprint density at radius 3 is 2.35 bits per heavy atom. The van der Waals surface area contributed by atoms with Crippen molar-refractivity contribution in [2.45, 2.75) is 47.3 Å². The predicted octanol–water partition coefficient (Wildman–Crippen LogP) is 3.50. The third-order valence-electron chi connectivity index (χ3n) is 8.56. The molecular weight excluding hydrogens is 328 g/mol. The second kappa shape index (κ2) is 5.51. The first-order valence-corrected chi connectivity index (χ1v) is 9.98. The Bertz CT molecular complexity index is 688. The molecule has 8 atom stereocenters. The lowest BCUT2D eigenvalue weighted by atomic mass is 9.40. The Morgan fingerprint density at radius 1 is 1.15 bits per heavy atom. The number of Topliss-reactive ketones (excluding diaryl/α,β-unsaturated/α-hetero) is 1. The fraction of sp³-hybridized carbons (Fsp3) is 0.818. The van der Waals surface area contributed by atoms with Crippen molar-refractivity contribution in [1.29, 1.82) is 0 Å². The van der Waals surface area contributed by atoms with Gasteiger partial charge in [0, 0.05) is 32.0 Å². The number of allylic oxidation sites excluding steroid dienone is 2. The van der Waals surface area contributed by atoms with Gasteiger partial charge in [0.05, 0.1) is 0 Å². The molecule has 3 saturated carbocycles. The van der Waals surface area contributed by atoms with E-state index < -0.39 is 5.41 Å². The van der Waals surface area contributed by atoms with Crippen LogP contribution in [0.15, 0.2) is 11.6 Å². The van der Waals surface area contributed by atoms with E-state index in [2.05, 4.69) is 20.8 Å². The van der Waals surface area contributed by atoms with Crippen LogP contribution < -0.4 is 0 Å². The molecule has 4 nitrogen and oxygen atoms in total. The summed E-state index contributed by atoms with van der Waals surface area (Å²) in [6.07, 6.45) is 2.38. The maximum absolute atomic E-state index is 13.5. The number of hydrogen-bond acceptors (Lipinski definition) is 4. The molecule has 0 aliphatic heterocycles. The number of carbonyl (C=O) groups is 2. The summed E-state index contributed by atoms with van der Waals surface area (Å²) in [5.74, 6) is 1.76. The number of rotatable bonds is 4. The highest BCUT2D eigenvalue weighted by Crippen LogP contribution is 2.79. The molecule has 0 aromatic heterocycles. The Kier molecular flexibility index (Phi) is 3.89. The molecule has 0 N–H and O–H groups in total. The van der Waals surface area contributed by atoms with Crippen LogP contribution in [0.5, 0.6) is 0 Å². The standard InChI is InChI=1S/C22H32O4/c1-10-9-14(23)22-16(10)15(12(3)20(25-6)26-7)18(22)17-13(21(17,4)5)8-11(2)19(22)24/h9,11-13,15-18,20H,8H2,1-7H3/t11-,12-,13-,15+,16-,17-,18+,22?/m1/s1. The third-order valence-corrected chi connectivity index (χ3v) is 8.56. The predicted molar refractivity (Wildman–Crippen MR) is 98.2 cm³/mol. The molecule has 0 saturated heterocycles. The van der Waals surface area contributed by atoms with Crippen LogP contribution in [-0.2, 0) is 19.1 Å². The van der Waals surface area contributed by atoms with E-state index in [1.165, 1.54) is 0 Å². The lowest BCUT2D eigenvalue weighted by Crippen LogP contribution is -2.66. The van der Waals surface area contributed by atoms with Crippen molar-refractivity contribution in [3.8, 4) is 0 Å². The van der Waals surface area contributed by atoms with Crippen molar-refractivity contribution in [2.75, 3.05) is 14.2 Å². The molecule has 4 aliphatic rings. The Balaban J connectivity index is 1.83. The first-order chi connectivity index (χ1) is 12.1. The van der Waals surface area contributed by atoms with Gasteiger partial charge in [0.25, 0.3) is 0 Å². The maximum Gasteiger partial charge on any atom is 0.170 e. The van der Waals surface area contributed by atoms with Gasteiger partial charge in [-0.05, 0) is 48.5 Å². The van der Waals surface area contributed by atoms with Crippen LogP contribution in [-0.4, -0.2) is 32.1 Å². The van der Waals surface area contributed by atoms with Crippen molar-refractivity contribution in [1.82, 2.24) is 0 Å². The van der Waals surface area contributed by atoms with Crippen LogP contribution in [0.1, 0.15) is 41.0 Å². The SMILES string of the molecule is COC(OC)[C@H](C)[C@@H]1[C@H]2[C@H]3[C@@H](C[C@@H](C)C(=O)C24C(=O)C=C(C)[C@H]14)C3(C)C. The molecule has 3 fully saturated rings. The summed E-state index contributed by atoms with van der Waals surface area (Å²) in [4.78, 5) is 26.7. The van der Waals surface area contributed by atoms with E-state index in [-0.39, 0.29) is 52.9 Å². The molecule has 26 heavy (non-hydrogen) atoms. The molecule has 4 heteroatoms. The summed E-state index contributed by atoms with van der Waals surface area (Å²) >= 11 is 0. The molecule has 144 valence electrons. The molecule has 0 heterocycles. The Hall–Kier alpha value is -1.00. The average Bonchev–Trinajstić information content (AvgIpc) is 3.00. The van der Waals surface area contributed by atoms with Gasteiger partial charge in [-0.15, -0.1) is 0 Å². The number of fused-ring (bicyclic) bond motifs is 2. The first-order valence-electron chi connectivity index (χ1n) is 9.98. The fourth-order valence-electron chi connectivity index (χ4n) is 7.44. The highest BCUT2D eigenvalue weighted by molar-refractivity contribution is 6.17. The van der Waals surface area contributed by atoms with E-state index in [9.17, 15) is 9.59 Å². The molecule has 0 radical (unpaired) electrons. The van der Waals surface area contributed by atoms with Crippen molar-refractivity contribution in [3.05, 3.63) is 11.6 Å². The van der Waals surface area contributed by atoms with Gasteiger partial charge < -0.3 is 9.47 Å². The van der Waals surface area contributed by atoms with E-state index in [0.717, 1.165) is 12.0 Å². The van der Waals surface area contributed by atoms with Gasteiger partial charge >= 0.3 is 0 Å². The minimum absolute atomic E-state index is 0.0212. The summed E-state index contributed by atoms with van der Waals surface area (Å²) in [5.41, 5.74) is 0.482. The highest BCUT2D eigenvalue weighted by Gasteiger charge is 2.81. The topological polar surface area (TPSA) is 52.6 Å². The van der Waals surface area contributed by atoms with Crippen molar-refractivity contribution in [2.24, 2.45) is 52.3 Å². The van der Waals surface area contributed by atoms with E-state index in [0.29, 0.717) is 11.8 Å². The van der Waals surface area contributed by atoms with Crippen LogP contribution in [0.4, 0.5) is 0 Å². The molecule has 0 aromatic carbocycles. The minimum atomic E-state index is -0.804.